The van der Waals surface area contributed by atoms with Gasteiger partial charge in [0.2, 0.25) is 6.29 Å². The summed E-state index contributed by atoms with van der Waals surface area (Å²) in [5, 5.41) is 9.45. The SMILES string of the molecule is CCCCC=CCCCCCCCCCCC1=CC(=O)OC1O. The van der Waals surface area contributed by atoms with E-state index in [1.54, 1.807) is 0 Å². The number of ether oxygens (including phenoxy) is 1. The van der Waals surface area contributed by atoms with Gasteiger partial charge >= 0.3 is 5.97 Å². The molecule has 1 unspecified atom stereocenters. The van der Waals surface area contributed by atoms with Crippen molar-refractivity contribution in [1.29, 1.82) is 0 Å². The summed E-state index contributed by atoms with van der Waals surface area (Å²) in [6.45, 7) is 2.23. The molecule has 1 atom stereocenters. The molecule has 23 heavy (non-hydrogen) atoms. The lowest BCUT2D eigenvalue weighted by Crippen LogP contribution is -2.09. The van der Waals surface area contributed by atoms with Crippen molar-refractivity contribution in [3.63, 3.8) is 0 Å². The number of unbranched alkanes of at least 4 members (excludes halogenated alkanes) is 10. The molecule has 0 fully saturated rings. The predicted octanol–water partition coefficient (Wildman–Crippen LogP) is 5.44. The standard InChI is InChI=1S/C20H34O3/c1-2-3-4-5-6-7-8-9-10-11-12-13-14-15-16-18-17-19(21)23-20(18)22/h5-6,17,20,22H,2-4,7-16H2,1H3. The Morgan fingerprint density at radius 3 is 2.09 bits per heavy atom. The maximum atomic E-state index is 10.9. The second-order valence-corrected chi connectivity index (χ2v) is 6.49. The van der Waals surface area contributed by atoms with Gasteiger partial charge in [0, 0.05) is 11.6 Å². The molecule has 0 aromatic heterocycles. The zero-order valence-corrected chi connectivity index (χ0v) is 14.8. The Hall–Kier alpha value is -1.09. The second kappa shape index (κ2) is 13.4. The number of cyclic esters (lactones) is 1. The third-order valence-electron chi connectivity index (χ3n) is 4.33. The van der Waals surface area contributed by atoms with Crippen molar-refractivity contribution in [3.8, 4) is 0 Å². The van der Waals surface area contributed by atoms with Crippen LogP contribution in [0.2, 0.25) is 0 Å². The van der Waals surface area contributed by atoms with Gasteiger partial charge in [0.25, 0.3) is 0 Å². The molecular formula is C20H34O3. The van der Waals surface area contributed by atoms with Crippen molar-refractivity contribution in [2.45, 2.75) is 96.7 Å². The van der Waals surface area contributed by atoms with E-state index < -0.39 is 12.3 Å². The lowest BCUT2D eigenvalue weighted by molar-refractivity contribution is -0.151. The average Bonchev–Trinajstić information content (AvgIpc) is 2.85. The Morgan fingerprint density at radius 2 is 1.52 bits per heavy atom. The highest BCUT2D eigenvalue weighted by atomic mass is 16.6. The van der Waals surface area contributed by atoms with Crippen LogP contribution in [-0.4, -0.2) is 17.4 Å². The summed E-state index contributed by atoms with van der Waals surface area (Å²) < 4.78 is 4.66. The van der Waals surface area contributed by atoms with E-state index >= 15 is 0 Å². The number of allylic oxidation sites excluding steroid dienone is 2. The van der Waals surface area contributed by atoms with Crippen LogP contribution in [0.3, 0.4) is 0 Å². The van der Waals surface area contributed by atoms with Gasteiger partial charge in [0.05, 0.1) is 0 Å². The summed E-state index contributed by atoms with van der Waals surface area (Å²) in [7, 11) is 0. The molecule has 1 rings (SSSR count). The minimum absolute atomic E-state index is 0.410. The Labute approximate surface area is 141 Å². The largest absolute Gasteiger partial charge is 0.429 e. The molecule has 0 aromatic rings. The molecule has 0 radical (unpaired) electrons. The minimum Gasteiger partial charge on any atom is -0.429 e. The normalized spacial score (nSPS) is 17.7. The van der Waals surface area contributed by atoms with E-state index in [0.29, 0.717) is 0 Å². The molecule has 1 aliphatic rings. The van der Waals surface area contributed by atoms with Crippen LogP contribution in [0.5, 0.6) is 0 Å². The van der Waals surface area contributed by atoms with Crippen molar-refractivity contribution in [1.82, 2.24) is 0 Å². The van der Waals surface area contributed by atoms with Gasteiger partial charge in [-0.2, -0.15) is 0 Å². The summed E-state index contributed by atoms with van der Waals surface area (Å²) >= 11 is 0. The first-order valence-corrected chi connectivity index (χ1v) is 9.48. The van der Waals surface area contributed by atoms with Gasteiger partial charge in [-0.25, -0.2) is 4.79 Å². The summed E-state index contributed by atoms with van der Waals surface area (Å²) in [6, 6.07) is 0. The van der Waals surface area contributed by atoms with E-state index in [0.717, 1.165) is 18.4 Å². The van der Waals surface area contributed by atoms with E-state index in [-0.39, 0.29) is 0 Å². The van der Waals surface area contributed by atoms with Gasteiger partial charge in [-0.3, -0.25) is 0 Å². The molecule has 1 heterocycles. The lowest BCUT2D eigenvalue weighted by Gasteiger charge is -2.07. The molecule has 0 bridgehead atoms. The Kier molecular flexibility index (Phi) is 11.6. The topological polar surface area (TPSA) is 46.5 Å². The molecule has 0 aromatic carbocycles. The quantitative estimate of drug-likeness (QED) is 0.263. The van der Waals surface area contributed by atoms with Gasteiger partial charge in [0.1, 0.15) is 0 Å². The van der Waals surface area contributed by atoms with Crippen LogP contribution >= 0.6 is 0 Å². The van der Waals surface area contributed by atoms with Crippen LogP contribution in [0.1, 0.15) is 90.4 Å². The fourth-order valence-corrected chi connectivity index (χ4v) is 2.85. The highest BCUT2D eigenvalue weighted by molar-refractivity contribution is 5.85. The number of hydrogen-bond acceptors (Lipinski definition) is 3. The van der Waals surface area contributed by atoms with Gasteiger partial charge in [-0.1, -0.05) is 70.4 Å². The number of aliphatic hydroxyl groups excluding tert-OH is 1. The van der Waals surface area contributed by atoms with Crippen LogP contribution in [0.15, 0.2) is 23.8 Å². The van der Waals surface area contributed by atoms with Crippen molar-refractivity contribution in [3.05, 3.63) is 23.8 Å². The van der Waals surface area contributed by atoms with Crippen molar-refractivity contribution < 1.29 is 14.6 Å². The first-order valence-electron chi connectivity index (χ1n) is 9.48. The van der Waals surface area contributed by atoms with E-state index in [4.69, 9.17) is 0 Å². The first kappa shape index (κ1) is 20.0. The van der Waals surface area contributed by atoms with E-state index in [1.807, 2.05) is 0 Å². The average molecular weight is 322 g/mol. The van der Waals surface area contributed by atoms with Gasteiger partial charge in [-0.15, -0.1) is 0 Å². The van der Waals surface area contributed by atoms with Crippen LogP contribution < -0.4 is 0 Å². The molecule has 1 aliphatic heterocycles. The molecule has 0 amide bonds. The van der Waals surface area contributed by atoms with Crippen molar-refractivity contribution in [2.24, 2.45) is 0 Å². The maximum absolute atomic E-state index is 10.9. The number of aliphatic hydroxyl groups is 1. The number of carbonyl (C=O) groups excluding carboxylic acids is 1. The van der Waals surface area contributed by atoms with E-state index in [2.05, 4.69) is 23.8 Å². The Balaban J connectivity index is 1.81. The minimum atomic E-state index is -0.987. The van der Waals surface area contributed by atoms with Crippen LogP contribution in [-0.2, 0) is 9.53 Å². The summed E-state index contributed by atoms with van der Waals surface area (Å²) in [5.41, 5.74) is 0.738. The van der Waals surface area contributed by atoms with Gasteiger partial charge in [0.15, 0.2) is 0 Å². The number of carbonyl (C=O) groups is 1. The Morgan fingerprint density at radius 1 is 0.957 bits per heavy atom. The molecule has 132 valence electrons. The summed E-state index contributed by atoms with van der Waals surface area (Å²) in [6.07, 6.45) is 21.0. The maximum Gasteiger partial charge on any atom is 0.333 e. The van der Waals surface area contributed by atoms with Gasteiger partial charge in [-0.05, 0) is 32.1 Å². The molecule has 3 nitrogen and oxygen atoms in total. The monoisotopic (exact) mass is 322 g/mol. The van der Waals surface area contributed by atoms with E-state index in [1.165, 1.54) is 76.7 Å². The number of esters is 1. The smallest absolute Gasteiger partial charge is 0.333 e. The zero-order chi connectivity index (χ0) is 16.8. The molecule has 0 aliphatic carbocycles. The number of rotatable bonds is 14. The summed E-state index contributed by atoms with van der Waals surface area (Å²) in [4.78, 5) is 10.9. The van der Waals surface area contributed by atoms with Gasteiger partial charge < -0.3 is 9.84 Å². The highest BCUT2D eigenvalue weighted by Crippen LogP contribution is 2.20. The van der Waals surface area contributed by atoms with Crippen LogP contribution in [0.4, 0.5) is 0 Å². The fraction of sp³-hybridized carbons (Fsp3) is 0.750. The molecule has 0 saturated heterocycles. The highest BCUT2D eigenvalue weighted by Gasteiger charge is 2.22. The molecule has 0 saturated carbocycles. The summed E-state index contributed by atoms with van der Waals surface area (Å²) in [5.74, 6) is -0.410. The van der Waals surface area contributed by atoms with E-state index in [9.17, 15) is 9.90 Å². The fourth-order valence-electron chi connectivity index (χ4n) is 2.85. The second-order valence-electron chi connectivity index (χ2n) is 6.49. The molecular weight excluding hydrogens is 288 g/mol. The number of hydrogen-bond donors (Lipinski definition) is 1. The third kappa shape index (κ3) is 10.3. The first-order chi connectivity index (χ1) is 11.2. The third-order valence-corrected chi connectivity index (χ3v) is 4.33. The molecule has 1 N–H and O–H groups in total. The van der Waals surface area contributed by atoms with Crippen LogP contribution in [0, 0.1) is 0 Å². The Bertz CT molecular complexity index is 371. The lowest BCUT2D eigenvalue weighted by atomic mass is 10.0. The molecule has 0 spiro atoms. The molecule has 3 heteroatoms. The van der Waals surface area contributed by atoms with Crippen LogP contribution in [0.25, 0.3) is 0 Å². The zero-order valence-electron chi connectivity index (χ0n) is 14.8. The van der Waals surface area contributed by atoms with Crippen molar-refractivity contribution >= 4 is 5.97 Å². The van der Waals surface area contributed by atoms with Crippen molar-refractivity contribution in [2.75, 3.05) is 0 Å². The predicted molar refractivity (Wildman–Crippen MR) is 95.0 cm³/mol.